The molecule has 0 fully saturated rings. The zero-order valence-corrected chi connectivity index (χ0v) is 12.0. The van der Waals surface area contributed by atoms with Gasteiger partial charge in [-0.2, -0.15) is 0 Å². The summed E-state index contributed by atoms with van der Waals surface area (Å²) in [6, 6.07) is 8.83. The Kier molecular flexibility index (Phi) is 4.16. The Morgan fingerprint density at radius 3 is 2.35 bits per heavy atom. The van der Waals surface area contributed by atoms with E-state index >= 15 is 0 Å². The van der Waals surface area contributed by atoms with Crippen LogP contribution in [0.25, 0.3) is 11.1 Å². The first kappa shape index (κ1) is 14.6. The quantitative estimate of drug-likeness (QED) is 0.847. The van der Waals surface area contributed by atoms with Crippen LogP contribution < -0.4 is 16.2 Å². The molecule has 4 N–H and O–H groups in total. The summed E-state index contributed by atoms with van der Waals surface area (Å²) < 4.78 is 19.4. The number of methoxy groups -OCH3 is 1. The lowest BCUT2D eigenvalue weighted by atomic mass is 9.93. The number of halogens is 2. The van der Waals surface area contributed by atoms with Gasteiger partial charge in [0.15, 0.2) is 5.82 Å². The summed E-state index contributed by atoms with van der Waals surface area (Å²) in [5.74, 6) is -0.451. The van der Waals surface area contributed by atoms with Gasteiger partial charge in [0.1, 0.15) is 11.4 Å². The molecule has 2 aromatic rings. The minimum absolute atomic E-state index is 0.0400. The molecule has 2 rings (SSSR count). The van der Waals surface area contributed by atoms with Gasteiger partial charge in [-0.25, -0.2) is 4.39 Å². The lowest BCUT2D eigenvalue weighted by molar-refractivity contribution is 0.406. The first-order valence-corrected chi connectivity index (χ1v) is 6.52. The fraction of sp³-hybridized carbons (Fsp3) is 0.200. The van der Waals surface area contributed by atoms with Gasteiger partial charge in [0.05, 0.1) is 12.1 Å². The highest BCUT2D eigenvalue weighted by Crippen LogP contribution is 2.45. The van der Waals surface area contributed by atoms with Gasteiger partial charge in [0, 0.05) is 17.2 Å². The summed E-state index contributed by atoms with van der Waals surface area (Å²) in [4.78, 5) is 0. The summed E-state index contributed by atoms with van der Waals surface area (Å²) in [5, 5.41) is -0.0400. The Bertz CT molecular complexity index is 630. The molecule has 0 aromatic heterocycles. The second kappa shape index (κ2) is 5.69. The molecular weight excluding hydrogens is 279 g/mol. The van der Waals surface area contributed by atoms with E-state index in [2.05, 4.69) is 0 Å². The third-order valence-electron chi connectivity index (χ3n) is 3.13. The van der Waals surface area contributed by atoms with Crippen molar-refractivity contribution < 1.29 is 9.13 Å². The molecular formula is C15H16ClFN2O. The van der Waals surface area contributed by atoms with Crippen LogP contribution in [0.1, 0.15) is 18.5 Å². The van der Waals surface area contributed by atoms with Crippen LogP contribution in [-0.4, -0.2) is 7.11 Å². The fourth-order valence-electron chi connectivity index (χ4n) is 2.25. The highest BCUT2D eigenvalue weighted by Gasteiger charge is 2.25. The number of benzene rings is 2. The van der Waals surface area contributed by atoms with Gasteiger partial charge in [-0.05, 0) is 12.5 Å². The lowest BCUT2D eigenvalue weighted by Gasteiger charge is -2.21. The Balaban J connectivity index is 2.88. The SMILES string of the molecule is COc1c(N)c(F)c(Cl)c(-c2ccccc2)c1C(C)N. The Hall–Kier alpha value is -1.78. The molecule has 0 amide bonds. The standard InChI is InChI=1S/C15H16ClFN2O/c1-8(18)10-11(9-6-4-3-5-7-9)12(16)13(17)14(19)15(10)20-2/h3-8H,18-19H2,1-2H3. The Morgan fingerprint density at radius 2 is 1.85 bits per heavy atom. The van der Waals surface area contributed by atoms with E-state index in [4.69, 9.17) is 27.8 Å². The van der Waals surface area contributed by atoms with E-state index in [1.54, 1.807) is 6.92 Å². The number of hydrogen-bond acceptors (Lipinski definition) is 3. The molecule has 0 radical (unpaired) electrons. The molecule has 0 aliphatic heterocycles. The van der Waals surface area contributed by atoms with Crippen LogP contribution in [0.15, 0.2) is 30.3 Å². The minimum Gasteiger partial charge on any atom is -0.494 e. The van der Waals surface area contributed by atoms with E-state index in [-0.39, 0.29) is 16.5 Å². The molecule has 106 valence electrons. The van der Waals surface area contributed by atoms with Gasteiger partial charge >= 0.3 is 0 Å². The van der Waals surface area contributed by atoms with Crippen LogP contribution in [0.2, 0.25) is 5.02 Å². The second-order valence-corrected chi connectivity index (χ2v) is 4.90. The molecule has 0 bridgehead atoms. The van der Waals surface area contributed by atoms with Crippen molar-refractivity contribution in [2.45, 2.75) is 13.0 Å². The van der Waals surface area contributed by atoms with E-state index < -0.39 is 11.9 Å². The number of hydrogen-bond donors (Lipinski definition) is 2. The summed E-state index contributed by atoms with van der Waals surface area (Å²) in [6.45, 7) is 1.78. The third kappa shape index (κ3) is 2.32. The van der Waals surface area contributed by atoms with Gasteiger partial charge in [-0.15, -0.1) is 0 Å². The van der Waals surface area contributed by atoms with Crippen LogP contribution in [0.4, 0.5) is 10.1 Å². The number of nitrogen functional groups attached to an aromatic ring is 1. The van der Waals surface area contributed by atoms with Crippen molar-refractivity contribution in [1.29, 1.82) is 0 Å². The lowest BCUT2D eigenvalue weighted by Crippen LogP contribution is -2.12. The van der Waals surface area contributed by atoms with Crippen molar-refractivity contribution >= 4 is 17.3 Å². The van der Waals surface area contributed by atoms with Gasteiger partial charge in [-0.1, -0.05) is 41.9 Å². The van der Waals surface area contributed by atoms with Gasteiger partial charge < -0.3 is 16.2 Å². The van der Waals surface area contributed by atoms with Crippen molar-refractivity contribution in [3.8, 4) is 16.9 Å². The number of rotatable bonds is 3. The molecule has 5 heteroatoms. The maximum Gasteiger partial charge on any atom is 0.169 e. The first-order chi connectivity index (χ1) is 9.49. The van der Waals surface area contributed by atoms with Crippen molar-refractivity contribution in [3.05, 3.63) is 46.7 Å². The summed E-state index contributed by atoms with van der Waals surface area (Å²) in [7, 11) is 1.43. The minimum atomic E-state index is -0.688. The molecule has 2 aromatic carbocycles. The third-order valence-corrected chi connectivity index (χ3v) is 3.48. The van der Waals surface area contributed by atoms with Crippen molar-refractivity contribution in [3.63, 3.8) is 0 Å². The molecule has 0 saturated heterocycles. The Morgan fingerprint density at radius 1 is 1.25 bits per heavy atom. The summed E-state index contributed by atoms with van der Waals surface area (Å²) >= 11 is 6.15. The van der Waals surface area contributed by atoms with Gasteiger partial charge in [0.25, 0.3) is 0 Å². The summed E-state index contributed by atoms with van der Waals surface area (Å²) in [5.41, 5.74) is 13.5. The van der Waals surface area contributed by atoms with Gasteiger partial charge in [-0.3, -0.25) is 0 Å². The van der Waals surface area contributed by atoms with Crippen molar-refractivity contribution in [1.82, 2.24) is 0 Å². The predicted octanol–water partition coefficient (Wildman–Crippen LogP) is 3.76. The van der Waals surface area contributed by atoms with Gasteiger partial charge in [0.2, 0.25) is 0 Å². The van der Waals surface area contributed by atoms with Crippen LogP contribution in [0, 0.1) is 5.82 Å². The average Bonchev–Trinajstić information content (AvgIpc) is 2.45. The molecule has 3 nitrogen and oxygen atoms in total. The van der Waals surface area contributed by atoms with Crippen molar-refractivity contribution in [2.24, 2.45) is 5.73 Å². The zero-order chi connectivity index (χ0) is 14.9. The van der Waals surface area contributed by atoms with Crippen LogP contribution in [-0.2, 0) is 0 Å². The maximum absolute atomic E-state index is 14.2. The summed E-state index contributed by atoms with van der Waals surface area (Å²) in [6.07, 6.45) is 0. The maximum atomic E-state index is 14.2. The van der Waals surface area contributed by atoms with E-state index in [9.17, 15) is 4.39 Å². The normalized spacial score (nSPS) is 12.2. The second-order valence-electron chi connectivity index (χ2n) is 4.52. The fourth-order valence-corrected chi connectivity index (χ4v) is 2.56. The number of ether oxygens (including phenoxy) is 1. The van der Waals surface area contributed by atoms with Crippen LogP contribution in [0.5, 0.6) is 5.75 Å². The highest BCUT2D eigenvalue weighted by atomic mass is 35.5. The molecule has 1 atom stereocenters. The molecule has 0 spiro atoms. The van der Waals surface area contributed by atoms with E-state index in [1.807, 2.05) is 30.3 Å². The van der Waals surface area contributed by atoms with E-state index in [1.165, 1.54) is 7.11 Å². The van der Waals surface area contributed by atoms with Crippen LogP contribution >= 0.6 is 11.6 Å². The average molecular weight is 295 g/mol. The monoisotopic (exact) mass is 294 g/mol. The molecule has 0 saturated carbocycles. The highest BCUT2D eigenvalue weighted by molar-refractivity contribution is 6.34. The topological polar surface area (TPSA) is 61.3 Å². The molecule has 0 heterocycles. The molecule has 1 unspecified atom stereocenters. The smallest absolute Gasteiger partial charge is 0.169 e. The van der Waals surface area contributed by atoms with Crippen LogP contribution in [0.3, 0.4) is 0 Å². The van der Waals surface area contributed by atoms with Crippen molar-refractivity contribution in [2.75, 3.05) is 12.8 Å². The first-order valence-electron chi connectivity index (χ1n) is 6.14. The largest absolute Gasteiger partial charge is 0.494 e. The number of nitrogens with two attached hydrogens (primary N) is 2. The molecule has 20 heavy (non-hydrogen) atoms. The van der Waals surface area contributed by atoms with E-state index in [0.717, 1.165) is 5.56 Å². The van der Waals surface area contributed by atoms with E-state index in [0.29, 0.717) is 11.1 Å². The number of anilines is 1. The predicted molar refractivity (Wildman–Crippen MR) is 80.4 cm³/mol. The Labute approximate surface area is 122 Å². The zero-order valence-electron chi connectivity index (χ0n) is 11.3. The molecule has 0 aliphatic carbocycles. The molecule has 0 aliphatic rings.